The quantitative estimate of drug-likeness (QED) is 0.641. The number of hydrogen-bond donors (Lipinski definition) is 0. The third-order valence-electron chi connectivity index (χ3n) is 2.57. The van der Waals surface area contributed by atoms with E-state index in [0.717, 1.165) is 12.5 Å². The van der Waals surface area contributed by atoms with Gasteiger partial charge in [0.25, 0.3) is 0 Å². The minimum absolute atomic E-state index is 0.0718. The van der Waals surface area contributed by atoms with Gasteiger partial charge in [0.05, 0.1) is 12.2 Å². The van der Waals surface area contributed by atoms with Crippen LogP contribution in [0.15, 0.2) is 29.0 Å². The Labute approximate surface area is 116 Å². The molecule has 1 aromatic carbocycles. The van der Waals surface area contributed by atoms with Gasteiger partial charge < -0.3 is 9.15 Å². The number of carbonyl (C=O) groups is 1. The van der Waals surface area contributed by atoms with Gasteiger partial charge in [-0.1, -0.05) is 0 Å². The van der Waals surface area contributed by atoms with E-state index < -0.39 is 23.5 Å². The van der Waals surface area contributed by atoms with Crippen molar-refractivity contribution in [2.45, 2.75) is 13.1 Å². The summed E-state index contributed by atoms with van der Waals surface area (Å²) in [7, 11) is 0. The van der Waals surface area contributed by atoms with Crippen molar-refractivity contribution in [1.29, 1.82) is 0 Å². The SMILES string of the molecule is CCOC(=O)c1ncoc1-c1ccc(F)c(C(F)(F)F)c1. The molecule has 8 heteroatoms. The number of carbonyl (C=O) groups excluding carboxylic acids is 1. The van der Waals surface area contributed by atoms with Crippen molar-refractivity contribution >= 4 is 5.97 Å². The van der Waals surface area contributed by atoms with Crippen LogP contribution in [-0.4, -0.2) is 17.6 Å². The Bertz CT molecular complexity index is 664. The highest BCUT2D eigenvalue weighted by molar-refractivity contribution is 5.93. The molecule has 112 valence electrons. The molecular weight excluding hydrogens is 294 g/mol. The lowest BCUT2D eigenvalue weighted by molar-refractivity contribution is -0.139. The van der Waals surface area contributed by atoms with E-state index >= 15 is 0 Å². The number of ether oxygens (including phenoxy) is 1. The molecule has 4 nitrogen and oxygen atoms in total. The van der Waals surface area contributed by atoms with E-state index in [1.807, 2.05) is 0 Å². The first-order valence-electron chi connectivity index (χ1n) is 5.82. The maximum Gasteiger partial charge on any atom is 0.419 e. The number of hydrogen-bond acceptors (Lipinski definition) is 4. The molecular formula is C13H9F4NO3. The van der Waals surface area contributed by atoms with E-state index in [-0.39, 0.29) is 23.6 Å². The monoisotopic (exact) mass is 303 g/mol. The zero-order chi connectivity index (χ0) is 15.6. The highest BCUT2D eigenvalue weighted by Gasteiger charge is 2.35. The average Bonchev–Trinajstić information content (AvgIpc) is 2.87. The Hall–Kier alpha value is -2.38. The van der Waals surface area contributed by atoms with Crippen LogP contribution >= 0.6 is 0 Å². The molecule has 0 aliphatic carbocycles. The fraction of sp³-hybridized carbons (Fsp3) is 0.231. The molecule has 0 spiro atoms. The Kier molecular flexibility index (Phi) is 3.97. The maximum absolute atomic E-state index is 13.2. The van der Waals surface area contributed by atoms with Gasteiger partial charge in [-0.25, -0.2) is 14.2 Å². The fourth-order valence-corrected chi connectivity index (χ4v) is 1.68. The number of esters is 1. The van der Waals surface area contributed by atoms with Crippen molar-refractivity contribution in [2.75, 3.05) is 6.61 Å². The van der Waals surface area contributed by atoms with Crippen molar-refractivity contribution in [3.8, 4) is 11.3 Å². The molecule has 0 fully saturated rings. The smallest absolute Gasteiger partial charge is 0.419 e. The van der Waals surface area contributed by atoms with Gasteiger partial charge in [-0.15, -0.1) is 0 Å². The lowest BCUT2D eigenvalue weighted by atomic mass is 10.1. The number of aromatic nitrogens is 1. The Balaban J connectivity index is 2.49. The summed E-state index contributed by atoms with van der Waals surface area (Å²) in [6.07, 6.45) is -3.96. The van der Waals surface area contributed by atoms with Crippen LogP contribution in [0, 0.1) is 5.82 Å². The molecule has 2 rings (SSSR count). The molecule has 0 atom stereocenters. The van der Waals surface area contributed by atoms with Crippen LogP contribution in [0.3, 0.4) is 0 Å². The topological polar surface area (TPSA) is 52.3 Å². The van der Waals surface area contributed by atoms with Crippen molar-refractivity contribution < 1.29 is 31.5 Å². The average molecular weight is 303 g/mol. The van der Waals surface area contributed by atoms with Crippen LogP contribution in [0.5, 0.6) is 0 Å². The molecule has 0 aliphatic heterocycles. The molecule has 0 aliphatic rings. The second-order valence-electron chi connectivity index (χ2n) is 3.94. The largest absolute Gasteiger partial charge is 0.461 e. The molecule has 0 amide bonds. The second kappa shape index (κ2) is 5.55. The minimum atomic E-state index is -4.86. The minimum Gasteiger partial charge on any atom is -0.461 e. The second-order valence-corrected chi connectivity index (χ2v) is 3.94. The summed E-state index contributed by atoms with van der Waals surface area (Å²) in [5.74, 6) is -2.46. The van der Waals surface area contributed by atoms with E-state index in [1.165, 1.54) is 0 Å². The normalized spacial score (nSPS) is 11.5. The van der Waals surface area contributed by atoms with Gasteiger partial charge >= 0.3 is 12.1 Å². The summed E-state index contributed by atoms with van der Waals surface area (Å²) in [6.45, 7) is 1.64. The standard InChI is InChI=1S/C13H9F4NO3/c1-2-20-12(19)10-11(21-6-18-10)7-3-4-9(14)8(5-7)13(15,16)17/h3-6H,2H2,1H3. The summed E-state index contributed by atoms with van der Waals surface area (Å²) in [4.78, 5) is 15.2. The van der Waals surface area contributed by atoms with Gasteiger partial charge in [0, 0.05) is 5.56 Å². The van der Waals surface area contributed by atoms with Crippen LogP contribution in [0.4, 0.5) is 17.6 Å². The number of oxazole rings is 1. The molecule has 21 heavy (non-hydrogen) atoms. The molecule has 0 bridgehead atoms. The van der Waals surface area contributed by atoms with Crippen molar-refractivity contribution in [3.05, 3.63) is 41.7 Å². The van der Waals surface area contributed by atoms with E-state index in [4.69, 9.17) is 9.15 Å². The van der Waals surface area contributed by atoms with E-state index in [2.05, 4.69) is 4.98 Å². The van der Waals surface area contributed by atoms with E-state index in [9.17, 15) is 22.4 Å². The highest BCUT2D eigenvalue weighted by Crippen LogP contribution is 2.35. The number of rotatable bonds is 3. The summed E-state index contributed by atoms with van der Waals surface area (Å²) in [5.41, 5.74) is -1.84. The maximum atomic E-state index is 13.2. The molecule has 0 N–H and O–H groups in total. The predicted molar refractivity (Wildman–Crippen MR) is 62.9 cm³/mol. The summed E-state index contributed by atoms with van der Waals surface area (Å²) in [5, 5.41) is 0. The number of nitrogens with zero attached hydrogens (tertiary/aromatic N) is 1. The molecule has 0 saturated heterocycles. The van der Waals surface area contributed by atoms with Crippen LogP contribution in [0.2, 0.25) is 0 Å². The summed E-state index contributed by atoms with van der Waals surface area (Å²) in [6, 6.07) is 2.27. The zero-order valence-electron chi connectivity index (χ0n) is 10.7. The third-order valence-corrected chi connectivity index (χ3v) is 2.57. The lowest BCUT2D eigenvalue weighted by Crippen LogP contribution is -2.09. The predicted octanol–water partition coefficient (Wildman–Crippen LogP) is 3.68. The van der Waals surface area contributed by atoms with Crippen LogP contribution < -0.4 is 0 Å². The molecule has 1 heterocycles. The number of halogens is 4. The van der Waals surface area contributed by atoms with Gasteiger partial charge in [-0.3, -0.25) is 0 Å². The van der Waals surface area contributed by atoms with Gasteiger partial charge in [0.1, 0.15) is 5.82 Å². The van der Waals surface area contributed by atoms with Crippen LogP contribution in [0.25, 0.3) is 11.3 Å². The van der Waals surface area contributed by atoms with Crippen molar-refractivity contribution in [3.63, 3.8) is 0 Å². The highest BCUT2D eigenvalue weighted by atomic mass is 19.4. The Morgan fingerprint density at radius 1 is 1.38 bits per heavy atom. The van der Waals surface area contributed by atoms with Gasteiger partial charge in [0.2, 0.25) is 0 Å². The zero-order valence-corrected chi connectivity index (χ0v) is 10.7. The molecule has 0 unspecified atom stereocenters. The van der Waals surface area contributed by atoms with Crippen molar-refractivity contribution in [1.82, 2.24) is 4.98 Å². The first kappa shape index (κ1) is 15.0. The van der Waals surface area contributed by atoms with E-state index in [1.54, 1.807) is 6.92 Å². The summed E-state index contributed by atoms with van der Waals surface area (Å²) >= 11 is 0. The molecule has 2 aromatic rings. The first-order chi connectivity index (χ1) is 9.84. The lowest BCUT2D eigenvalue weighted by Gasteiger charge is -2.09. The van der Waals surface area contributed by atoms with E-state index in [0.29, 0.717) is 12.1 Å². The molecule has 0 radical (unpaired) electrons. The Morgan fingerprint density at radius 2 is 2.10 bits per heavy atom. The summed E-state index contributed by atoms with van der Waals surface area (Å²) < 4.78 is 60.9. The fourth-order valence-electron chi connectivity index (χ4n) is 1.68. The van der Waals surface area contributed by atoms with Gasteiger partial charge in [-0.2, -0.15) is 13.2 Å². The van der Waals surface area contributed by atoms with Crippen LogP contribution in [-0.2, 0) is 10.9 Å². The Morgan fingerprint density at radius 3 is 2.71 bits per heavy atom. The molecule has 0 saturated carbocycles. The number of benzene rings is 1. The van der Waals surface area contributed by atoms with Crippen LogP contribution in [0.1, 0.15) is 23.0 Å². The molecule has 1 aromatic heterocycles. The number of alkyl halides is 3. The first-order valence-corrected chi connectivity index (χ1v) is 5.82. The van der Waals surface area contributed by atoms with Gasteiger partial charge in [0.15, 0.2) is 17.8 Å². The van der Waals surface area contributed by atoms with Gasteiger partial charge in [-0.05, 0) is 25.1 Å². The third kappa shape index (κ3) is 3.04. The van der Waals surface area contributed by atoms with Crippen molar-refractivity contribution in [2.24, 2.45) is 0 Å².